The van der Waals surface area contributed by atoms with Gasteiger partial charge in [-0.3, -0.25) is 0 Å². The van der Waals surface area contributed by atoms with Gasteiger partial charge in [0.15, 0.2) is 0 Å². The van der Waals surface area contributed by atoms with Crippen molar-refractivity contribution in [1.82, 2.24) is 13.9 Å². The van der Waals surface area contributed by atoms with E-state index in [2.05, 4.69) is 5.32 Å². The smallest absolute Gasteiger partial charge is 0.282 e. The van der Waals surface area contributed by atoms with Gasteiger partial charge in [-0.05, 0) is 38.8 Å². The Bertz CT molecular complexity index is 392. The number of hydrogen-bond donors (Lipinski definition) is 1. The highest BCUT2D eigenvalue weighted by atomic mass is 32.2. The lowest BCUT2D eigenvalue weighted by Gasteiger charge is -2.35. The first-order valence-corrected chi connectivity index (χ1v) is 8.09. The molecule has 1 fully saturated rings. The second kappa shape index (κ2) is 6.14. The summed E-state index contributed by atoms with van der Waals surface area (Å²) in [6, 6.07) is 0. The SMILES string of the molecule is CNCC1CCCN(S(=O)(=O)N2CC=CCC2)C1. The summed E-state index contributed by atoms with van der Waals surface area (Å²) in [6.45, 7) is 3.36. The summed E-state index contributed by atoms with van der Waals surface area (Å²) in [4.78, 5) is 0. The summed E-state index contributed by atoms with van der Waals surface area (Å²) < 4.78 is 28.2. The maximum atomic E-state index is 12.5. The highest BCUT2D eigenvalue weighted by Gasteiger charge is 2.33. The van der Waals surface area contributed by atoms with Crippen molar-refractivity contribution < 1.29 is 8.42 Å². The van der Waals surface area contributed by atoms with Crippen LogP contribution in [-0.2, 0) is 10.2 Å². The fraction of sp³-hybridized carbons (Fsp3) is 0.833. The van der Waals surface area contributed by atoms with E-state index in [-0.39, 0.29) is 0 Å². The van der Waals surface area contributed by atoms with Crippen LogP contribution in [0.3, 0.4) is 0 Å². The summed E-state index contributed by atoms with van der Waals surface area (Å²) in [6.07, 6.45) is 6.90. The fourth-order valence-corrected chi connectivity index (χ4v) is 4.38. The van der Waals surface area contributed by atoms with E-state index in [0.717, 1.165) is 25.8 Å². The van der Waals surface area contributed by atoms with Crippen molar-refractivity contribution in [3.8, 4) is 0 Å². The first-order valence-electron chi connectivity index (χ1n) is 6.69. The zero-order chi connectivity index (χ0) is 13.0. The quantitative estimate of drug-likeness (QED) is 0.756. The Hall–Kier alpha value is -0.430. The summed E-state index contributed by atoms with van der Waals surface area (Å²) in [5.41, 5.74) is 0. The molecule has 0 aromatic heterocycles. The molecular weight excluding hydrogens is 250 g/mol. The van der Waals surface area contributed by atoms with Gasteiger partial charge in [0.1, 0.15) is 0 Å². The highest BCUT2D eigenvalue weighted by Crippen LogP contribution is 2.21. The van der Waals surface area contributed by atoms with Crippen LogP contribution in [-0.4, -0.2) is 56.8 Å². The molecule has 104 valence electrons. The van der Waals surface area contributed by atoms with Crippen LogP contribution in [0.5, 0.6) is 0 Å². The summed E-state index contributed by atoms with van der Waals surface area (Å²) in [7, 11) is -1.33. The van der Waals surface area contributed by atoms with Crippen LogP contribution in [0.25, 0.3) is 0 Å². The van der Waals surface area contributed by atoms with E-state index in [1.54, 1.807) is 8.61 Å². The molecule has 6 heteroatoms. The molecule has 0 spiro atoms. The molecule has 0 saturated carbocycles. The average molecular weight is 273 g/mol. The fourth-order valence-electron chi connectivity index (χ4n) is 2.68. The third-order valence-corrected chi connectivity index (χ3v) is 5.62. The lowest BCUT2D eigenvalue weighted by atomic mass is 10.00. The maximum Gasteiger partial charge on any atom is 0.282 e. The minimum absolute atomic E-state index is 0.443. The Labute approximate surface area is 110 Å². The minimum Gasteiger partial charge on any atom is -0.319 e. The summed E-state index contributed by atoms with van der Waals surface area (Å²) in [5, 5.41) is 3.14. The standard InChI is InChI=1S/C12H23N3O2S/c1-13-10-12-6-5-9-15(11-12)18(16,17)14-7-3-2-4-8-14/h2-3,12-13H,4-11H2,1H3. The van der Waals surface area contributed by atoms with Crippen molar-refractivity contribution in [1.29, 1.82) is 0 Å². The van der Waals surface area contributed by atoms with Gasteiger partial charge in [0.2, 0.25) is 0 Å². The molecule has 18 heavy (non-hydrogen) atoms. The van der Waals surface area contributed by atoms with Crippen LogP contribution in [0, 0.1) is 5.92 Å². The van der Waals surface area contributed by atoms with E-state index in [4.69, 9.17) is 0 Å². The summed E-state index contributed by atoms with van der Waals surface area (Å²) in [5.74, 6) is 0.443. The second-order valence-corrected chi connectivity index (χ2v) is 6.98. The van der Waals surface area contributed by atoms with Gasteiger partial charge in [0.05, 0.1) is 0 Å². The summed E-state index contributed by atoms with van der Waals surface area (Å²) >= 11 is 0. The monoisotopic (exact) mass is 273 g/mol. The van der Waals surface area contributed by atoms with E-state index >= 15 is 0 Å². The molecule has 0 aromatic carbocycles. The van der Waals surface area contributed by atoms with E-state index in [1.165, 1.54) is 0 Å². The van der Waals surface area contributed by atoms with E-state index in [1.807, 2.05) is 19.2 Å². The molecule has 2 aliphatic rings. The van der Waals surface area contributed by atoms with Crippen molar-refractivity contribution in [2.45, 2.75) is 19.3 Å². The van der Waals surface area contributed by atoms with Gasteiger partial charge in [-0.1, -0.05) is 12.2 Å². The third kappa shape index (κ3) is 3.12. The Balaban J connectivity index is 2.02. The molecule has 2 heterocycles. The van der Waals surface area contributed by atoms with Crippen LogP contribution < -0.4 is 5.32 Å². The zero-order valence-electron chi connectivity index (χ0n) is 11.0. The molecule has 0 aliphatic carbocycles. The predicted molar refractivity (Wildman–Crippen MR) is 72.5 cm³/mol. The van der Waals surface area contributed by atoms with Gasteiger partial charge in [0.25, 0.3) is 10.2 Å². The van der Waals surface area contributed by atoms with Crippen LogP contribution in [0.1, 0.15) is 19.3 Å². The molecule has 5 nitrogen and oxygen atoms in total. The van der Waals surface area contributed by atoms with E-state index in [9.17, 15) is 8.42 Å². The molecule has 2 aliphatic heterocycles. The molecule has 0 aromatic rings. The van der Waals surface area contributed by atoms with Gasteiger partial charge < -0.3 is 5.32 Å². The van der Waals surface area contributed by atoms with Gasteiger partial charge in [-0.2, -0.15) is 17.0 Å². The van der Waals surface area contributed by atoms with Gasteiger partial charge in [-0.15, -0.1) is 0 Å². The largest absolute Gasteiger partial charge is 0.319 e. The topological polar surface area (TPSA) is 52.7 Å². The number of rotatable bonds is 4. The van der Waals surface area contributed by atoms with Crippen LogP contribution in [0.2, 0.25) is 0 Å². The molecule has 2 rings (SSSR count). The lowest BCUT2D eigenvalue weighted by Crippen LogP contribution is -2.49. The number of nitrogens with zero attached hydrogens (tertiary/aromatic N) is 2. The first-order chi connectivity index (χ1) is 8.64. The Kier molecular flexibility index (Phi) is 4.77. The number of nitrogens with one attached hydrogen (secondary N) is 1. The van der Waals surface area contributed by atoms with Crippen molar-refractivity contribution in [2.75, 3.05) is 39.8 Å². The molecule has 0 bridgehead atoms. The maximum absolute atomic E-state index is 12.5. The molecule has 1 unspecified atom stereocenters. The average Bonchev–Trinajstić information content (AvgIpc) is 2.40. The van der Waals surface area contributed by atoms with Crippen molar-refractivity contribution in [3.63, 3.8) is 0 Å². The van der Waals surface area contributed by atoms with Crippen molar-refractivity contribution in [2.24, 2.45) is 5.92 Å². The van der Waals surface area contributed by atoms with Crippen LogP contribution in [0.15, 0.2) is 12.2 Å². The Morgan fingerprint density at radius 2 is 2.11 bits per heavy atom. The van der Waals surface area contributed by atoms with Crippen molar-refractivity contribution >= 4 is 10.2 Å². The molecule has 0 radical (unpaired) electrons. The van der Waals surface area contributed by atoms with Gasteiger partial charge in [-0.25, -0.2) is 0 Å². The Morgan fingerprint density at radius 3 is 2.78 bits per heavy atom. The molecule has 1 atom stereocenters. The second-order valence-electron chi connectivity index (χ2n) is 5.05. The molecule has 0 amide bonds. The molecular formula is C12H23N3O2S. The van der Waals surface area contributed by atoms with Gasteiger partial charge >= 0.3 is 0 Å². The van der Waals surface area contributed by atoms with Crippen molar-refractivity contribution in [3.05, 3.63) is 12.2 Å². The first kappa shape index (κ1) is 14.0. The van der Waals surface area contributed by atoms with E-state index in [0.29, 0.717) is 32.1 Å². The lowest BCUT2D eigenvalue weighted by molar-refractivity contribution is 0.246. The Morgan fingerprint density at radius 1 is 1.28 bits per heavy atom. The van der Waals surface area contributed by atoms with Crippen LogP contribution in [0.4, 0.5) is 0 Å². The van der Waals surface area contributed by atoms with E-state index < -0.39 is 10.2 Å². The number of hydrogen-bond acceptors (Lipinski definition) is 3. The minimum atomic E-state index is -3.25. The van der Waals surface area contributed by atoms with Crippen LogP contribution >= 0.6 is 0 Å². The normalized spacial score (nSPS) is 27.5. The van der Waals surface area contributed by atoms with Gasteiger partial charge in [0, 0.05) is 26.2 Å². The highest BCUT2D eigenvalue weighted by molar-refractivity contribution is 7.86. The zero-order valence-corrected chi connectivity index (χ0v) is 11.8. The third-order valence-electron chi connectivity index (χ3n) is 3.65. The number of piperidine rings is 1. The predicted octanol–water partition coefficient (Wildman–Crippen LogP) is 0.425. The molecule has 1 N–H and O–H groups in total. The molecule has 1 saturated heterocycles.